The first-order chi connectivity index (χ1) is 10.1. The van der Waals surface area contributed by atoms with Crippen LogP contribution in [0.5, 0.6) is 0 Å². The van der Waals surface area contributed by atoms with Crippen molar-refractivity contribution in [1.82, 2.24) is 10.3 Å². The molecule has 112 valence electrons. The van der Waals surface area contributed by atoms with Crippen molar-refractivity contribution in [1.29, 1.82) is 0 Å². The quantitative estimate of drug-likeness (QED) is 0.420. The number of azo groups is 1. The summed E-state index contributed by atoms with van der Waals surface area (Å²) in [4.78, 5) is 3.96. The predicted molar refractivity (Wildman–Crippen MR) is 80.0 cm³/mol. The van der Waals surface area contributed by atoms with Gasteiger partial charge in [0.2, 0.25) is 5.85 Å². The summed E-state index contributed by atoms with van der Waals surface area (Å²) >= 11 is 0. The van der Waals surface area contributed by atoms with E-state index in [2.05, 4.69) is 27.5 Å². The molecule has 2 heterocycles. The van der Waals surface area contributed by atoms with Crippen LogP contribution in [0.15, 0.2) is 58.4 Å². The lowest BCUT2D eigenvalue weighted by Crippen LogP contribution is -2.56. The molecule has 0 saturated carbocycles. The molecule has 0 bridgehead atoms. The molecule has 1 aromatic rings. The third kappa shape index (κ3) is 4.37. The second-order valence-corrected chi connectivity index (χ2v) is 4.66. The standard InChI is InChI=1S/C14H20N6O/c1-2-3-9-21-14(16)7-6-12(13(15)18-14)20-19-11-5-4-8-17-10-11/h4-8,10,18H,2-3,9,15-16H2,1H3/b20-19+. The van der Waals surface area contributed by atoms with Crippen molar-refractivity contribution in [2.24, 2.45) is 21.7 Å². The Kier molecular flexibility index (Phi) is 5.02. The summed E-state index contributed by atoms with van der Waals surface area (Å²) in [6.45, 7) is 2.64. The number of aromatic nitrogens is 1. The van der Waals surface area contributed by atoms with Crippen LogP contribution in [0.3, 0.4) is 0 Å². The first-order valence-electron chi connectivity index (χ1n) is 6.85. The van der Waals surface area contributed by atoms with Crippen molar-refractivity contribution in [2.75, 3.05) is 6.61 Å². The molecule has 5 N–H and O–H groups in total. The van der Waals surface area contributed by atoms with E-state index in [-0.39, 0.29) is 0 Å². The summed E-state index contributed by atoms with van der Waals surface area (Å²) < 4.78 is 5.58. The molecule has 1 aliphatic heterocycles. The predicted octanol–water partition coefficient (Wildman–Crippen LogP) is 1.88. The van der Waals surface area contributed by atoms with E-state index in [0.29, 0.717) is 23.8 Å². The zero-order valence-electron chi connectivity index (χ0n) is 12.0. The van der Waals surface area contributed by atoms with Crippen LogP contribution in [0.25, 0.3) is 0 Å². The molecule has 2 rings (SSSR count). The SMILES string of the molecule is CCCCOC1(N)C=CC(/N=N/c2cccnc2)=C(N)N1. The van der Waals surface area contributed by atoms with Crippen LogP contribution >= 0.6 is 0 Å². The number of rotatable bonds is 6. The van der Waals surface area contributed by atoms with E-state index < -0.39 is 5.85 Å². The number of nitrogens with one attached hydrogen (secondary N) is 1. The van der Waals surface area contributed by atoms with Crippen molar-refractivity contribution >= 4 is 5.69 Å². The molecule has 21 heavy (non-hydrogen) atoms. The van der Waals surface area contributed by atoms with Crippen LogP contribution in [0.1, 0.15) is 19.8 Å². The molecule has 0 aliphatic carbocycles. The molecular weight excluding hydrogens is 268 g/mol. The van der Waals surface area contributed by atoms with E-state index in [1.54, 1.807) is 36.7 Å². The molecule has 0 saturated heterocycles. The maximum atomic E-state index is 6.04. The van der Waals surface area contributed by atoms with Gasteiger partial charge in [-0.05, 0) is 30.7 Å². The number of unbranched alkanes of at least 4 members (excludes halogenated alkanes) is 1. The maximum absolute atomic E-state index is 6.04. The topological polar surface area (TPSA) is 111 Å². The second-order valence-electron chi connectivity index (χ2n) is 4.66. The Morgan fingerprint density at radius 3 is 2.95 bits per heavy atom. The largest absolute Gasteiger partial charge is 0.384 e. The highest BCUT2D eigenvalue weighted by Crippen LogP contribution is 2.18. The first-order valence-corrected chi connectivity index (χ1v) is 6.85. The molecule has 0 spiro atoms. The van der Waals surface area contributed by atoms with E-state index in [9.17, 15) is 0 Å². The number of hydrogen-bond donors (Lipinski definition) is 3. The molecule has 7 heteroatoms. The molecule has 7 nitrogen and oxygen atoms in total. The summed E-state index contributed by atoms with van der Waals surface area (Å²) in [5.41, 5.74) is 13.1. The van der Waals surface area contributed by atoms with Crippen LogP contribution in [0.4, 0.5) is 5.69 Å². The molecular formula is C14H20N6O. The number of ether oxygens (including phenoxy) is 1. The van der Waals surface area contributed by atoms with E-state index in [4.69, 9.17) is 16.2 Å². The fourth-order valence-corrected chi connectivity index (χ4v) is 1.69. The second kappa shape index (κ2) is 6.96. The molecule has 0 aromatic carbocycles. The highest BCUT2D eigenvalue weighted by Gasteiger charge is 2.26. The highest BCUT2D eigenvalue weighted by molar-refractivity contribution is 5.33. The van der Waals surface area contributed by atoms with Gasteiger partial charge in [0, 0.05) is 6.20 Å². The van der Waals surface area contributed by atoms with Gasteiger partial charge in [0.15, 0.2) is 0 Å². The average molecular weight is 288 g/mol. The highest BCUT2D eigenvalue weighted by atomic mass is 16.5. The minimum Gasteiger partial charge on any atom is -0.384 e. The maximum Gasteiger partial charge on any atom is 0.214 e. The lowest BCUT2D eigenvalue weighted by molar-refractivity contribution is -0.0250. The minimum absolute atomic E-state index is 0.323. The van der Waals surface area contributed by atoms with E-state index in [1.807, 2.05) is 0 Å². The summed E-state index contributed by atoms with van der Waals surface area (Å²) in [7, 11) is 0. The fourth-order valence-electron chi connectivity index (χ4n) is 1.69. The van der Waals surface area contributed by atoms with Gasteiger partial charge in [0.25, 0.3) is 0 Å². The third-order valence-corrected chi connectivity index (χ3v) is 2.85. The summed E-state index contributed by atoms with van der Waals surface area (Å²) in [5, 5.41) is 11.0. The van der Waals surface area contributed by atoms with Crippen molar-refractivity contribution in [3.8, 4) is 0 Å². The molecule has 0 fully saturated rings. The molecule has 1 atom stereocenters. The molecule has 0 radical (unpaired) electrons. The van der Waals surface area contributed by atoms with Crippen LogP contribution in [0, 0.1) is 0 Å². The van der Waals surface area contributed by atoms with Crippen LogP contribution in [-0.4, -0.2) is 17.4 Å². The summed E-state index contributed by atoms with van der Waals surface area (Å²) in [5.74, 6) is -0.767. The molecule has 1 unspecified atom stereocenters. The van der Waals surface area contributed by atoms with Crippen molar-refractivity contribution < 1.29 is 4.74 Å². The Labute approximate surface area is 123 Å². The Hall–Kier alpha value is -2.25. The fraction of sp³-hybridized carbons (Fsp3) is 0.357. The van der Waals surface area contributed by atoms with Crippen LogP contribution in [-0.2, 0) is 4.74 Å². The monoisotopic (exact) mass is 288 g/mol. The number of dihydropyridines is 1. The normalized spacial score (nSPS) is 21.8. The molecule has 0 amide bonds. The number of hydrogen-bond acceptors (Lipinski definition) is 7. The van der Waals surface area contributed by atoms with Crippen molar-refractivity contribution in [3.63, 3.8) is 0 Å². The molecule has 1 aliphatic rings. The van der Waals surface area contributed by atoms with Gasteiger partial charge in [-0.1, -0.05) is 13.3 Å². The van der Waals surface area contributed by atoms with Gasteiger partial charge >= 0.3 is 0 Å². The van der Waals surface area contributed by atoms with Gasteiger partial charge in [0.1, 0.15) is 17.2 Å². The Bertz CT molecular complexity index is 554. The zero-order valence-corrected chi connectivity index (χ0v) is 12.0. The van der Waals surface area contributed by atoms with Gasteiger partial charge in [-0.15, -0.1) is 10.2 Å². The van der Waals surface area contributed by atoms with Gasteiger partial charge in [-0.2, -0.15) is 0 Å². The van der Waals surface area contributed by atoms with Crippen LogP contribution < -0.4 is 16.8 Å². The Morgan fingerprint density at radius 2 is 2.29 bits per heavy atom. The lowest BCUT2D eigenvalue weighted by Gasteiger charge is -2.31. The number of allylic oxidation sites excluding steroid dienone is 1. The van der Waals surface area contributed by atoms with Gasteiger partial charge in [0.05, 0.1) is 12.8 Å². The first kappa shape index (κ1) is 15.1. The van der Waals surface area contributed by atoms with E-state index >= 15 is 0 Å². The van der Waals surface area contributed by atoms with E-state index in [1.165, 1.54) is 0 Å². The number of nitrogens with two attached hydrogens (primary N) is 2. The minimum atomic E-state index is -1.09. The van der Waals surface area contributed by atoms with Crippen molar-refractivity contribution in [2.45, 2.75) is 25.6 Å². The van der Waals surface area contributed by atoms with Crippen LogP contribution in [0.2, 0.25) is 0 Å². The average Bonchev–Trinajstić information content (AvgIpc) is 2.48. The zero-order chi connectivity index (χ0) is 15.1. The van der Waals surface area contributed by atoms with Crippen molar-refractivity contribution in [3.05, 3.63) is 48.2 Å². The Morgan fingerprint density at radius 1 is 1.43 bits per heavy atom. The summed E-state index contributed by atoms with van der Waals surface area (Å²) in [6.07, 6.45) is 8.63. The number of nitrogens with zero attached hydrogens (tertiary/aromatic N) is 3. The van der Waals surface area contributed by atoms with Gasteiger partial charge in [-0.3, -0.25) is 10.7 Å². The lowest BCUT2D eigenvalue weighted by atomic mass is 10.2. The van der Waals surface area contributed by atoms with Gasteiger partial charge < -0.3 is 15.8 Å². The smallest absolute Gasteiger partial charge is 0.214 e. The summed E-state index contributed by atoms with van der Waals surface area (Å²) in [6, 6.07) is 3.59. The Balaban J connectivity index is 2.01. The molecule has 1 aromatic heterocycles. The van der Waals surface area contributed by atoms with Gasteiger partial charge in [-0.25, -0.2) is 0 Å². The third-order valence-electron chi connectivity index (χ3n) is 2.85. The number of pyridine rings is 1. The van der Waals surface area contributed by atoms with E-state index in [0.717, 1.165) is 12.8 Å².